The molecular formula is C16H23NO3S. The van der Waals surface area contributed by atoms with Crippen LogP contribution in [0, 0.1) is 0 Å². The molecule has 0 amide bonds. The number of aliphatic hydroxyl groups excluding tert-OH is 1. The van der Waals surface area contributed by atoms with E-state index >= 15 is 0 Å². The van der Waals surface area contributed by atoms with E-state index in [1.165, 1.54) is 5.56 Å². The fourth-order valence-electron chi connectivity index (χ4n) is 2.23. The summed E-state index contributed by atoms with van der Waals surface area (Å²) in [6.45, 7) is 5.37. The summed E-state index contributed by atoms with van der Waals surface area (Å²) in [5, 5.41) is 14.3. The molecule has 1 atom stereocenters. The first-order valence-corrected chi connectivity index (χ1v) is 8.24. The van der Waals surface area contributed by atoms with Crippen molar-refractivity contribution < 1.29 is 14.3 Å². The molecule has 4 nitrogen and oxygen atoms in total. The molecule has 0 saturated carbocycles. The predicted molar refractivity (Wildman–Crippen MR) is 84.3 cm³/mol. The van der Waals surface area contributed by atoms with E-state index in [1.54, 1.807) is 17.6 Å². The molecule has 0 aromatic carbocycles. The molecule has 116 valence electrons. The van der Waals surface area contributed by atoms with Gasteiger partial charge < -0.3 is 14.3 Å². The van der Waals surface area contributed by atoms with Crippen molar-refractivity contribution in [2.45, 2.75) is 32.6 Å². The molecule has 0 aliphatic heterocycles. The number of hydrogen-bond acceptors (Lipinski definition) is 5. The van der Waals surface area contributed by atoms with E-state index in [4.69, 9.17) is 9.15 Å². The molecule has 0 radical (unpaired) electrons. The van der Waals surface area contributed by atoms with E-state index in [1.807, 2.05) is 12.1 Å². The molecule has 2 aromatic heterocycles. The average molecular weight is 309 g/mol. The molecule has 0 bridgehead atoms. The van der Waals surface area contributed by atoms with Gasteiger partial charge in [0.1, 0.15) is 12.4 Å². The number of ether oxygens (including phenoxy) is 1. The van der Waals surface area contributed by atoms with Crippen molar-refractivity contribution in [3.05, 3.63) is 46.5 Å². The van der Waals surface area contributed by atoms with Gasteiger partial charge in [-0.25, -0.2) is 0 Å². The average Bonchev–Trinajstić information content (AvgIpc) is 3.12. The third-order valence-corrected chi connectivity index (χ3v) is 3.86. The van der Waals surface area contributed by atoms with Crippen LogP contribution in [0.2, 0.25) is 0 Å². The topological polar surface area (TPSA) is 45.8 Å². The fraction of sp³-hybridized carbons (Fsp3) is 0.500. The predicted octanol–water partition coefficient (Wildman–Crippen LogP) is 3.13. The maximum Gasteiger partial charge on any atom is 0.129 e. The maximum atomic E-state index is 10.1. The number of hydrogen-bond donors (Lipinski definition) is 1. The SMILES string of the molecule is CCCN(Cc1ccsc1)C[C@H](O)COCc1ccco1. The molecule has 5 heteroatoms. The lowest BCUT2D eigenvalue weighted by Crippen LogP contribution is -2.35. The van der Waals surface area contributed by atoms with E-state index in [9.17, 15) is 5.11 Å². The van der Waals surface area contributed by atoms with E-state index < -0.39 is 6.10 Å². The van der Waals surface area contributed by atoms with Gasteiger partial charge in [-0.1, -0.05) is 6.92 Å². The number of nitrogens with zero attached hydrogens (tertiary/aromatic N) is 1. The Labute approximate surface area is 130 Å². The Balaban J connectivity index is 1.71. The third-order valence-electron chi connectivity index (χ3n) is 3.13. The highest BCUT2D eigenvalue weighted by molar-refractivity contribution is 7.07. The summed E-state index contributed by atoms with van der Waals surface area (Å²) in [6, 6.07) is 5.83. The third kappa shape index (κ3) is 6.01. The van der Waals surface area contributed by atoms with Crippen LogP contribution in [0.5, 0.6) is 0 Å². The lowest BCUT2D eigenvalue weighted by molar-refractivity contribution is 0.00389. The summed E-state index contributed by atoms with van der Waals surface area (Å²) in [4.78, 5) is 2.27. The van der Waals surface area contributed by atoms with Crippen molar-refractivity contribution in [1.82, 2.24) is 4.90 Å². The van der Waals surface area contributed by atoms with Gasteiger partial charge in [0.25, 0.3) is 0 Å². The van der Waals surface area contributed by atoms with Crippen molar-refractivity contribution in [3.63, 3.8) is 0 Å². The minimum absolute atomic E-state index is 0.324. The molecule has 0 saturated heterocycles. The second-order valence-electron chi connectivity index (χ2n) is 5.12. The molecule has 2 rings (SSSR count). The van der Waals surface area contributed by atoms with Crippen LogP contribution in [0.1, 0.15) is 24.7 Å². The van der Waals surface area contributed by atoms with Gasteiger partial charge >= 0.3 is 0 Å². The summed E-state index contributed by atoms with van der Waals surface area (Å²) in [5.74, 6) is 0.783. The second kappa shape index (κ2) is 9.00. The van der Waals surface area contributed by atoms with Crippen LogP contribution in [-0.2, 0) is 17.9 Å². The number of furan rings is 1. The molecule has 1 N–H and O–H groups in total. The maximum absolute atomic E-state index is 10.1. The van der Waals surface area contributed by atoms with Gasteiger partial charge in [-0.15, -0.1) is 0 Å². The first kappa shape index (κ1) is 16.2. The van der Waals surface area contributed by atoms with E-state index in [0.29, 0.717) is 19.8 Å². The van der Waals surface area contributed by atoms with E-state index in [-0.39, 0.29) is 0 Å². The Bertz CT molecular complexity index is 470. The smallest absolute Gasteiger partial charge is 0.129 e. The highest BCUT2D eigenvalue weighted by Crippen LogP contribution is 2.10. The first-order chi connectivity index (χ1) is 10.3. The van der Waals surface area contributed by atoms with Crippen molar-refractivity contribution in [1.29, 1.82) is 0 Å². The number of rotatable bonds is 10. The van der Waals surface area contributed by atoms with E-state index in [2.05, 4.69) is 28.7 Å². The Morgan fingerprint density at radius 2 is 2.33 bits per heavy atom. The lowest BCUT2D eigenvalue weighted by atomic mass is 10.2. The van der Waals surface area contributed by atoms with Gasteiger partial charge in [-0.05, 0) is 47.5 Å². The van der Waals surface area contributed by atoms with Crippen molar-refractivity contribution in [2.75, 3.05) is 19.7 Å². The van der Waals surface area contributed by atoms with Crippen LogP contribution in [0.25, 0.3) is 0 Å². The van der Waals surface area contributed by atoms with E-state index in [0.717, 1.165) is 25.3 Å². The molecule has 0 aliphatic carbocycles. The summed E-state index contributed by atoms with van der Waals surface area (Å²) in [6.07, 6.45) is 2.22. The largest absolute Gasteiger partial charge is 0.467 e. The molecule has 2 aromatic rings. The van der Waals surface area contributed by atoms with Crippen molar-refractivity contribution in [2.24, 2.45) is 0 Å². The highest BCUT2D eigenvalue weighted by atomic mass is 32.1. The first-order valence-electron chi connectivity index (χ1n) is 7.29. The zero-order chi connectivity index (χ0) is 14.9. The monoisotopic (exact) mass is 309 g/mol. The summed E-state index contributed by atoms with van der Waals surface area (Å²) in [7, 11) is 0. The minimum atomic E-state index is -0.481. The Morgan fingerprint density at radius 3 is 3.00 bits per heavy atom. The summed E-state index contributed by atoms with van der Waals surface area (Å²) in [5.41, 5.74) is 1.30. The number of thiophene rings is 1. The van der Waals surface area contributed by atoms with Gasteiger partial charge in [0.2, 0.25) is 0 Å². The lowest BCUT2D eigenvalue weighted by Gasteiger charge is -2.24. The normalized spacial score (nSPS) is 12.9. The van der Waals surface area contributed by atoms with Crippen LogP contribution >= 0.6 is 11.3 Å². The van der Waals surface area contributed by atoms with Gasteiger partial charge in [0.05, 0.1) is 19.0 Å². The second-order valence-corrected chi connectivity index (χ2v) is 5.90. The van der Waals surface area contributed by atoms with Gasteiger partial charge in [0, 0.05) is 13.1 Å². The van der Waals surface area contributed by atoms with Crippen molar-refractivity contribution in [3.8, 4) is 0 Å². The molecular weight excluding hydrogens is 286 g/mol. The molecule has 0 fully saturated rings. The van der Waals surface area contributed by atoms with Gasteiger partial charge in [-0.2, -0.15) is 11.3 Å². The van der Waals surface area contributed by atoms with Crippen LogP contribution in [0.3, 0.4) is 0 Å². The standard InChI is InChI=1S/C16H23NO3S/c1-2-6-17(9-14-5-8-21-13-14)10-15(18)11-19-12-16-4-3-7-20-16/h3-5,7-8,13,15,18H,2,6,9-12H2,1H3/t15-/m0/s1. The quantitative estimate of drug-likeness (QED) is 0.732. The highest BCUT2D eigenvalue weighted by Gasteiger charge is 2.12. The van der Waals surface area contributed by atoms with Crippen LogP contribution in [0.15, 0.2) is 39.6 Å². The number of aliphatic hydroxyl groups is 1. The van der Waals surface area contributed by atoms with Crippen LogP contribution in [-0.4, -0.2) is 35.8 Å². The zero-order valence-corrected chi connectivity index (χ0v) is 13.2. The van der Waals surface area contributed by atoms with Crippen LogP contribution in [0.4, 0.5) is 0 Å². The molecule has 21 heavy (non-hydrogen) atoms. The van der Waals surface area contributed by atoms with Crippen molar-refractivity contribution >= 4 is 11.3 Å². The molecule has 0 spiro atoms. The summed E-state index contributed by atoms with van der Waals surface area (Å²) >= 11 is 1.71. The minimum Gasteiger partial charge on any atom is -0.467 e. The Hall–Kier alpha value is -1.14. The van der Waals surface area contributed by atoms with Gasteiger partial charge in [0.15, 0.2) is 0 Å². The Kier molecular flexibility index (Phi) is 6.95. The van der Waals surface area contributed by atoms with Crippen LogP contribution < -0.4 is 0 Å². The molecule has 2 heterocycles. The Morgan fingerprint density at radius 1 is 1.43 bits per heavy atom. The zero-order valence-electron chi connectivity index (χ0n) is 12.4. The molecule has 0 unspecified atom stereocenters. The summed E-state index contributed by atoms with van der Waals surface area (Å²) < 4.78 is 10.7. The van der Waals surface area contributed by atoms with Gasteiger partial charge in [-0.3, -0.25) is 4.90 Å². The fourth-order valence-corrected chi connectivity index (χ4v) is 2.89. The molecule has 0 aliphatic rings.